The van der Waals surface area contributed by atoms with E-state index in [1.165, 1.54) is 12.1 Å². The monoisotopic (exact) mass is 438 g/mol. The Morgan fingerprint density at radius 2 is 1.68 bits per heavy atom. The molecule has 0 aliphatic rings. The Hall–Kier alpha value is -3.32. The molecule has 1 N–H and O–H groups in total. The molecule has 3 aromatic carbocycles. The van der Waals surface area contributed by atoms with Crippen LogP contribution in [0.2, 0.25) is 0 Å². The number of sulfonamides is 1. The molecule has 0 aromatic heterocycles. The van der Waals surface area contributed by atoms with Crippen molar-refractivity contribution in [1.29, 1.82) is 0 Å². The molecule has 0 bridgehead atoms. The topological polar surface area (TPSA) is 75.7 Å². The Bertz CT molecular complexity index is 1190. The van der Waals surface area contributed by atoms with Crippen LogP contribution in [-0.4, -0.2) is 33.4 Å². The first-order valence-corrected chi connectivity index (χ1v) is 11.3. The minimum Gasteiger partial charge on any atom is -0.496 e. The number of carbonyl (C=O) groups excluding carboxylic acids is 1. The fourth-order valence-electron chi connectivity index (χ4n) is 3.20. The van der Waals surface area contributed by atoms with Gasteiger partial charge in [0.25, 0.3) is 15.9 Å². The number of carbonyl (C=O) groups is 1. The number of anilines is 1. The van der Waals surface area contributed by atoms with E-state index in [9.17, 15) is 13.2 Å². The van der Waals surface area contributed by atoms with Gasteiger partial charge in [0.1, 0.15) is 5.75 Å². The van der Waals surface area contributed by atoms with E-state index in [0.29, 0.717) is 29.1 Å². The summed E-state index contributed by atoms with van der Waals surface area (Å²) < 4.78 is 33.6. The third-order valence-corrected chi connectivity index (χ3v) is 6.38. The summed E-state index contributed by atoms with van der Waals surface area (Å²) >= 11 is 0. The third kappa shape index (κ3) is 5.24. The molecule has 0 spiro atoms. The summed E-state index contributed by atoms with van der Waals surface area (Å²) in [6.07, 6.45) is 0. The Labute approximate surface area is 183 Å². The lowest BCUT2D eigenvalue weighted by atomic mass is 10.1. The molecular formula is C24H26N2O4S. The number of amides is 1. The van der Waals surface area contributed by atoms with Crippen LogP contribution in [0.15, 0.2) is 71.6 Å². The lowest BCUT2D eigenvalue weighted by Gasteiger charge is -2.20. The van der Waals surface area contributed by atoms with Crippen LogP contribution in [0.1, 0.15) is 27.0 Å². The van der Waals surface area contributed by atoms with Gasteiger partial charge >= 0.3 is 0 Å². The molecule has 3 rings (SSSR count). The highest BCUT2D eigenvalue weighted by Crippen LogP contribution is 2.23. The van der Waals surface area contributed by atoms with Crippen molar-refractivity contribution in [1.82, 2.24) is 4.90 Å². The summed E-state index contributed by atoms with van der Waals surface area (Å²) in [4.78, 5) is 14.7. The van der Waals surface area contributed by atoms with Crippen molar-refractivity contribution in [2.45, 2.75) is 25.3 Å². The number of hydrogen-bond acceptors (Lipinski definition) is 4. The lowest BCUT2D eigenvalue weighted by Crippen LogP contribution is -2.27. The minimum atomic E-state index is -3.83. The first kappa shape index (κ1) is 22.4. The Morgan fingerprint density at radius 1 is 1.00 bits per heavy atom. The van der Waals surface area contributed by atoms with Crippen molar-refractivity contribution in [2.75, 3.05) is 18.9 Å². The summed E-state index contributed by atoms with van der Waals surface area (Å²) in [5, 5.41) is 0. The van der Waals surface area contributed by atoms with Gasteiger partial charge in [0.05, 0.1) is 12.0 Å². The quantitative estimate of drug-likeness (QED) is 0.594. The molecular weight excluding hydrogens is 412 g/mol. The number of nitrogens with zero attached hydrogens (tertiary/aromatic N) is 1. The summed E-state index contributed by atoms with van der Waals surface area (Å²) in [6.45, 7) is 4.05. The van der Waals surface area contributed by atoms with Crippen LogP contribution in [0, 0.1) is 13.8 Å². The summed E-state index contributed by atoms with van der Waals surface area (Å²) in [7, 11) is -0.571. The molecule has 0 unspecified atom stereocenters. The molecule has 0 heterocycles. The van der Waals surface area contributed by atoms with Gasteiger partial charge in [0.2, 0.25) is 0 Å². The second-order valence-corrected chi connectivity index (χ2v) is 9.10. The summed E-state index contributed by atoms with van der Waals surface area (Å²) in [5.41, 5.74) is 3.40. The van der Waals surface area contributed by atoms with E-state index < -0.39 is 10.0 Å². The predicted octanol–water partition coefficient (Wildman–Crippen LogP) is 4.39. The smallest absolute Gasteiger partial charge is 0.261 e. The second-order valence-electron chi connectivity index (χ2n) is 7.42. The zero-order valence-electron chi connectivity index (χ0n) is 18.0. The molecule has 7 heteroatoms. The molecule has 162 valence electrons. The molecule has 0 saturated carbocycles. The van der Waals surface area contributed by atoms with Gasteiger partial charge in [-0.3, -0.25) is 9.52 Å². The van der Waals surface area contributed by atoms with Gasteiger partial charge in [-0.15, -0.1) is 0 Å². The van der Waals surface area contributed by atoms with E-state index in [1.54, 1.807) is 44.2 Å². The largest absolute Gasteiger partial charge is 0.496 e. The molecule has 0 saturated heterocycles. The van der Waals surface area contributed by atoms with Gasteiger partial charge < -0.3 is 9.64 Å². The van der Waals surface area contributed by atoms with E-state index in [2.05, 4.69) is 4.72 Å². The van der Waals surface area contributed by atoms with Crippen LogP contribution in [0.4, 0.5) is 5.69 Å². The molecule has 0 atom stereocenters. The molecule has 3 aromatic rings. The van der Waals surface area contributed by atoms with Gasteiger partial charge in [0.15, 0.2) is 0 Å². The first-order chi connectivity index (χ1) is 14.7. The Morgan fingerprint density at radius 3 is 2.35 bits per heavy atom. The number of rotatable bonds is 7. The maximum absolute atomic E-state index is 13.1. The van der Waals surface area contributed by atoms with Gasteiger partial charge in [-0.2, -0.15) is 0 Å². The number of hydrogen-bond donors (Lipinski definition) is 1. The molecule has 0 aliphatic heterocycles. The Kier molecular flexibility index (Phi) is 6.65. The zero-order valence-corrected chi connectivity index (χ0v) is 18.9. The van der Waals surface area contributed by atoms with Gasteiger partial charge in [0, 0.05) is 30.4 Å². The second kappa shape index (κ2) is 9.22. The van der Waals surface area contributed by atoms with Gasteiger partial charge in [-0.25, -0.2) is 8.42 Å². The van der Waals surface area contributed by atoms with Gasteiger partial charge in [-0.1, -0.05) is 42.0 Å². The van der Waals surface area contributed by atoms with E-state index in [-0.39, 0.29) is 10.8 Å². The van der Waals surface area contributed by atoms with E-state index >= 15 is 0 Å². The van der Waals surface area contributed by atoms with E-state index in [1.807, 2.05) is 43.3 Å². The van der Waals surface area contributed by atoms with Crippen molar-refractivity contribution in [3.05, 3.63) is 89.0 Å². The fraction of sp³-hybridized carbons (Fsp3) is 0.208. The average Bonchev–Trinajstić information content (AvgIpc) is 2.75. The number of nitrogens with one attached hydrogen (secondary N) is 1. The molecule has 1 amide bonds. The SMILES string of the molecule is COc1ccccc1CN(C)C(=O)c1cc(S(=O)(=O)Nc2ccc(C)cc2)ccc1C. The van der Waals surface area contributed by atoms with Crippen LogP contribution >= 0.6 is 0 Å². The average molecular weight is 439 g/mol. The fourth-order valence-corrected chi connectivity index (χ4v) is 4.29. The zero-order chi connectivity index (χ0) is 22.6. The molecule has 0 aliphatic carbocycles. The first-order valence-electron chi connectivity index (χ1n) is 9.79. The van der Waals surface area contributed by atoms with Crippen molar-refractivity contribution >= 4 is 21.6 Å². The number of ether oxygens (including phenoxy) is 1. The van der Waals surface area contributed by atoms with Crippen LogP contribution in [0.25, 0.3) is 0 Å². The van der Waals surface area contributed by atoms with Crippen molar-refractivity contribution in [3.63, 3.8) is 0 Å². The highest BCUT2D eigenvalue weighted by Gasteiger charge is 2.21. The van der Waals surface area contributed by atoms with Crippen LogP contribution in [0.5, 0.6) is 5.75 Å². The highest BCUT2D eigenvalue weighted by atomic mass is 32.2. The predicted molar refractivity (Wildman–Crippen MR) is 122 cm³/mol. The number of methoxy groups -OCH3 is 1. The minimum absolute atomic E-state index is 0.0349. The van der Waals surface area contributed by atoms with E-state index in [0.717, 1.165) is 11.1 Å². The van der Waals surface area contributed by atoms with Crippen LogP contribution in [-0.2, 0) is 16.6 Å². The number of benzene rings is 3. The highest BCUT2D eigenvalue weighted by molar-refractivity contribution is 7.92. The van der Waals surface area contributed by atoms with Crippen molar-refractivity contribution < 1.29 is 17.9 Å². The summed E-state index contributed by atoms with van der Waals surface area (Å²) in [6, 6.07) is 19.1. The molecule has 0 fully saturated rings. The van der Waals surface area contributed by atoms with E-state index in [4.69, 9.17) is 4.74 Å². The maximum atomic E-state index is 13.1. The standard InChI is InChI=1S/C24H26N2O4S/c1-17-9-12-20(13-10-17)25-31(28,29)21-14-11-18(2)22(15-21)24(27)26(3)16-19-7-5-6-8-23(19)30-4/h5-15,25H,16H2,1-4H3. The summed E-state index contributed by atoms with van der Waals surface area (Å²) in [5.74, 6) is 0.424. The molecule has 6 nitrogen and oxygen atoms in total. The van der Waals surface area contributed by atoms with Crippen LogP contribution < -0.4 is 9.46 Å². The number of para-hydroxylation sites is 1. The third-order valence-electron chi connectivity index (χ3n) is 5.00. The lowest BCUT2D eigenvalue weighted by molar-refractivity contribution is 0.0783. The molecule has 31 heavy (non-hydrogen) atoms. The molecule has 0 radical (unpaired) electrons. The normalized spacial score (nSPS) is 11.1. The van der Waals surface area contributed by atoms with Crippen molar-refractivity contribution in [2.24, 2.45) is 0 Å². The maximum Gasteiger partial charge on any atom is 0.261 e. The van der Waals surface area contributed by atoms with Crippen molar-refractivity contribution in [3.8, 4) is 5.75 Å². The Balaban J connectivity index is 1.85. The number of aryl methyl sites for hydroxylation is 2. The van der Waals surface area contributed by atoms with Gasteiger partial charge in [-0.05, 0) is 49.7 Å². The van der Waals surface area contributed by atoms with Crippen LogP contribution in [0.3, 0.4) is 0 Å².